The molecule has 0 rings (SSSR count). The van der Waals surface area contributed by atoms with Crippen LogP contribution in [0.15, 0.2) is 0 Å². The summed E-state index contributed by atoms with van der Waals surface area (Å²) in [4.78, 5) is 0. The molecular weight excluding hydrogens is 702 g/mol. The van der Waals surface area contributed by atoms with Crippen molar-refractivity contribution < 1.29 is 115 Å². The molecule has 63 valence electrons. The fourth-order valence-electron chi connectivity index (χ4n) is 0. The molecule has 0 saturated heterocycles. The predicted octanol–water partition coefficient (Wildman–Crippen LogP) is -1.16. The van der Waals surface area contributed by atoms with Gasteiger partial charge in [-0.3, -0.25) is 0 Å². The minimum Gasteiger partial charge on any atom is 0 e. The molecule has 0 fully saturated rings. The van der Waals surface area contributed by atoms with Crippen LogP contribution >= 0.6 is 0 Å². The molecule has 0 unspecified atom stereocenters. The molecule has 0 aliphatic rings. The van der Waals surface area contributed by atoms with Crippen LogP contribution in [0.25, 0.3) is 0 Å². The van der Waals surface area contributed by atoms with Crippen LogP contribution in [0, 0.1) is 0 Å². The van der Waals surface area contributed by atoms with Gasteiger partial charge in [-0.2, -0.15) is 0 Å². The van der Waals surface area contributed by atoms with Crippen LogP contribution in [-0.4, -0.2) is 45.2 Å². The molecule has 0 saturated carbocycles. The minimum absolute atomic E-state index is 0. The Kier molecular flexibility index (Phi) is 847. The van der Waals surface area contributed by atoms with E-state index >= 15 is 0 Å². The monoisotopic (exact) mass is 698 g/mol. The van der Waals surface area contributed by atoms with Gasteiger partial charge < -0.3 is 0 Å². The Morgan fingerprint density at radius 2 is 1.00 bits per heavy atom. The van der Waals surface area contributed by atoms with Crippen LogP contribution in [0.4, 0.5) is 0 Å². The van der Waals surface area contributed by atoms with Gasteiger partial charge in [0.1, 0.15) is 0 Å². The largest absolute Gasteiger partial charge is 0 e. The van der Waals surface area contributed by atoms with E-state index in [1.165, 1.54) is 0 Å². The van der Waals surface area contributed by atoms with Gasteiger partial charge in [0.25, 0.3) is 0 Å². The Morgan fingerprint density at radius 3 is 1.00 bits per heavy atom. The molecule has 13 radical (unpaired) electrons. The minimum atomic E-state index is 0. The zero-order valence-electron chi connectivity index (χ0n) is 3.94. The average molecular weight is 702 g/mol. The molecule has 0 spiro atoms. The molecule has 0 amide bonds. The summed E-state index contributed by atoms with van der Waals surface area (Å²) in [6.45, 7) is 0. The Hall–Kier alpha value is 4.79. The second-order valence-electron chi connectivity index (χ2n) is 0. The predicted molar refractivity (Wildman–Crippen MR) is 17.3 cm³/mol. The summed E-state index contributed by atoms with van der Waals surface area (Å²) < 4.78 is 0. The second-order valence-corrected chi connectivity index (χ2v) is 0. The molecule has 0 atom stereocenters. The van der Waals surface area contributed by atoms with Gasteiger partial charge in [0.2, 0.25) is 0 Å². The molecule has 0 aliphatic heterocycles. The molecule has 0 aromatic carbocycles. The first-order valence-electron chi connectivity index (χ1n) is 0. The first kappa shape index (κ1) is 98.3. The smallest absolute Gasteiger partial charge is 0 e. The molecule has 0 bridgehead atoms. The van der Waals surface area contributed by atoms with E-state index < -0.39 is 0 Å². The van der Waals surface area contributed by atoms with E-state index in [4.69, 9.17) is 0 Å². The first-order valence-corrected chi connectivity index (χ1v) is 0. The van der Waals surface area contributed by atoms with Crippen molar-refractivity contribution in [3.8, 4) is 0 Å². The Balaban J connectivity index is 0. The maximum atomic E-state index is 0. The van der Waals surface area contributed by atoms with Crippen LogP contribution in [-0.2, 0) is 115 Å². The van der Waals surface area contributed by atoms with Gasteiger partial charge in [-0.1, -0.05) is 0 Å². The summed E-state index contributed by atoms with van der Waals surface area (Å²) in [7, 11) is 0. The first-order chi connectivity index (χ1) is 0. The van der Waals surface area contributed by atoms with Gasteiger partial charge in [-0.05, 0) is 0 Å². The van der Waals surface area contributed by atoms with Crippen molar-refractivity contribution in [3.05, 3.63) is 0 Å². The molecule has 0 heterocycles. The van der Waals surface area contributed by atoms with E-state index in [0.717, 1.165) is 0 Å². The third kappa shape index (κ3) is 64.9. The zero-order valence-corrected chi connectivity index (χ0v) is 17.9. The van der Waals surface area contributed by atoms with Gasteiger partial charge >= 0.3 is 0 Å². The quantitative estimate of drug-likeness (QED) is 0.280. The summed E-state index contributed by atoms with van der Waals surface area (Å²) >= 11 is 0. The molecule has 0 N–H and O–H groups in total. The summed E-state index contributed by atoms with van der Waals surface area (Å²) in [5.74, 6) is 0. The normalized spacial score (nSPS) is 0. The maximum Gasteiger partial charge on any atom is 0 e. The third-order valence-corrected chi connectivity index (χ3v) is 0. The molecule has 9 heavy (non-hydrogen) atoms. The molecule has 0 aromatic heterocycles. The zero-order chi connectivity index (χ0) is 0. The topological polar surface area (TPSA) is 0 Å². The maximum absolute atomic E-state index is 0. The molecule has 0 aromatic rings. The standard InChI is InChI=1S/Ag.Au.B.Cu.Fe.In.Ni.Si.Zn. The SMILES string of the molecule is [Ag].[Au].[B].[Cu].[Fe].[In].[Ni].[Si].[Zn]. The van der Waals surface area contributed by atoms with Gasteiger partial charge in [0, 0.05) is 160 Å². The van der Waals surface area contributed by atoms with Gasteiger partial charge in [-0.15, -0.1) is 0 Å². The number of rotatable bonds is 0. The summed E-state index contributed by atoms with van der Waals surface area (Å²) in [5.41, 5.74) is 0. The number of hydrogen-bond acceptors (Lipinski definition) is 0. The average Bonchev–Trinajstić information content (AvgIpc) is 0. The van der Waals surface area contributed by atoms with Gasteiger partial charge in [0.15, 0.2) is 0 Å². The summed E-state index contributed by atoms with van der Waals surface area (Å²) in [6.07, 6.45) is 0. The van der Waals surface area contributed by atoms with Crippen molar-refractivity contribution >= 4 is 45.2 Å². The van der Waals surface area contributed by atoms with Crippen LogP contribution in [0.1, 0.15) is 0 Å². The van der Waals surface area contributed by atoms with E-state index in [9.17, 15) is 0 Å². The molecule has 0 nitrogen and oxygen atoms in total. The summed E-state index contributed by atoms with van der Waals surface area (Å²) in [6, 6.07) is 0. The number of hydrogen-bond donors (Lipinski definition) is 0. The van der Waals surface area contributed by atoms with Crippen LogP contribution in [0.2, 0.25) is 0 Å². The Labute approximate surface area is 157 Å². The molecule has 0 aliphatic carbocycles. The van der Waals surface area contributed by atoms with Gasteiger partial charge in [0.05, 0.1) is 0 Å². The second kappa shape index (κ2) is 77.5. The van der Waals surface area contributed by atoms with E-state index in [-0.39, 0.29) is 160 Å². The molecular formula is AgAuBCuFeInNiSiZn. The van der Waals surface area contributed by atoms with Crippen LogP contribution in [0.3, 0.4) is 0 Å². The van der Waals surface area contributed by atoms with E-state index in [1.54, 1.807) is 0 Å². The van der Waals surface area contributed by atoms with Crippen LogP contribution < -0.4 is 0 Å². The van der Waals surface area contributed by atoms with E-state index in [0.29, 0.717) is 0 Å². The van der Waals surface area contributed by atoms with Crippen molar-refractivity contribution in [1.82, 2.24) is 0 Å². The Bertz CT molecular complexity index is 28.5. The van der Waals surface area contributed by atoms with E-state index in [2.05, 4.69) is 0 Å². The van der Waals surface area contributed by atoms with Crippen molar-refractivity contribution in [2.75, 3.05) is 0 Å². The molecule has 9 heteroatoms. The van der Waals surface area contributed by atoms with E-state index in [1.807, 2.05) is 0 Å². The third-order valence-electron chi connectivity index (χ3n) is 0. The Morgan fingerprint density at radius 1 is 1.00 bits per heavy atom. The van der Waals surface area contributed by atoms with Crippen molar-refractivity contribution in [2.24, 2.45) is 0 Å². The van der Waals surface area contributed by atoms with Crippen molar-refractivity contribution in [2.45, 2.75) is 0 Å². The fraction of sp³-hybridized carbons (Fsp3) is 0. The van der Waals surface area contributed by atoms with Crippen molar-refractivity contribution in [3.63, 3.8) is 0 Å². The fourth-order valence-corrected chi connectivity index (χ4v) is 0. The van der Waals surface area contributed by atoms with Crippen LogP contribution in [0.5, 0.6) is 0 Å². The van der Waals surface area contributed by atoms with Gasteiger partial charge in [-0.25, -0.2) is 0 Å². The summed E-state index contributed by atoms with van der Waals surface area (Å²) in [5, 5.41) is 0. The van der Waals surface area contributed by atoms with Crippen molar-refractivity contribution in [1.29, 1.82) is 0 Å².